The van der Waals surface area contributed by atoms with Crippen LogP contribution in [0.4, 0.5) is 5.82 Å². The number of hydrogen-bond acceptors (Lipinski definition) is 8. The molecule has 0 amide bonds. The molecule has 5 aromatic rings. The number of ether oxygens (including phenoxy) is 2. The molecule has 0 aliphatic heterocycles. The third-order valence-corrected chi connectivity index (χ3v) is 7.94. The number of carbonyl (C=O) groups excluding carboxylic acids is 2. The lowest BCUT2D eigenvalue weighted by molar-refractivity contribution is -0.140. The van der Waals surface area contributed by atoms with Crippen molar-refractivity contribution in [2.24, 2.45) is 0 Å². The van der Waals surface area contributed by atoms with E-state index in [2.05, 4.69) is 5.32 Å². The summed E-state index contributed by atoms with van der Waals surface area (Å²) in [4.78, 5) is 29.3. The minimum Gasteiger partial charge on any atom is -0.465 e. The van der Waals surface area contributed by atoms with Crippen molar-refractivity contribution >= 4 is 44.3 Å². The van der Waals surface area contributed by atoms with Crippen LogP contribution in [0.5, 0.6) is 0 Å². The maximum Gasteiger partial charge on any atom is 0.339 e. The lowest BCUT2D eigenvalue weighted by atomic mass is 10.1. The number of aryl methyl sites for hydroxylation is 1. The van der Waals surface area contributed by atoms with E-state index in [0.29, 0.717) is 33.6 Å². The lowest BCUT2D eigenvalue weighted by Crippen LogP contribution is -2.18. The van der Waals surface area contributed by atoms with Gasteiger partial charge in [0.1, 0.15) is 23.7 Å². The summed E-state index contributed by atoms with van der Waals surface area (Å²) in [6.07, 6.45) is 3.08. The van der Waals surface area contributed by atoms with Crippen molar-refractivity contribution in [3.63, 3.8) is 0 Å². The van der Waals surface area contributed by atoms with Crippen LogP contribution < -0.4 is 5.32 Å². The third kappa shape index (κ3) is 4.72. The van der Waals surface area contributed by atoms with Gasteiger partial charge in [0.25, 0.3) is 10.0 Å². The Balaban J connectivity index is 1.73. The number of methoxy groups -OCH3 is 1. The predicted octanol–water partition coefficient (Wildman–Crippen LogP) is 4.26. The van der Waals surface area contributed by atoms with Gasteiger partial charge in [0.15, 0.2) is 0 Å². The molecule has 0 radical (unpaired) electrons. The summed E-state index contributed by atoms with van der Waals surface area (Å²) < 4.78 is 40.2. The minimum atomic E-state index is -3.94. The van der Waals surface area contributed by atoms with Crippen LogP contribution in [0.25, 0.3) is 27.8 Å². The molecule has 11 heteroatoms. The van der Waals surface area contributed by atoms with E-state index >= 15 is 0 Å². The standard InChI is InChI=1S/C28H26N4O6S/c1-4-38-25(33)15-29-27-26(30-24-14-11-19(16-31(24)27)28(34)37-3)22-17-32(23-8-6-5-7-21(22)23)39(35,36)20-12-9-18(2)10-13-20/h5-14,16-17,29H,4,15H2,1-3H3. The lowest BCUT2D eigenvalue weighted by Gasteiger charge is -2.09. The zero-order valence-electron chi connectivity index (χ0n) is 21.5. The van der Waals surface area contributed by atoms with Crippen LogP contribution >= 0.6 is 0 Å². The normalized spacial score (nSPS) is 11.6. The van der Waals surface area contributed by atoms with E-state index in [1.807, 2.05) is 19.1 Å². The zero-order valence-corrected chi connectivity index (χ0v) is 22.4. The largest absolute Gasteiger partial charge is 0.465 e. The number of esters is 2. The Morgan fingerprint density at radius 1 is 1.00 bits per heavy atom. The molecule has 39 heavy (non-hydrogen) atoms. The molecule has 2 aromatic carbocycles. The summed E-state index contributed by atoms with van der Waals surface area (Å²) in [5.41, 5.74) is 3.09. The van der Waals surface area contributed by atoms with Gasteiger partial charge in [-0.25, -0.2) is 22.2 Å². The summed E-state index contributed by atoms with van der Waals surface area (Å²) in [5.74, 6) is -0.629. The molecule has 5 rings (SSSR count). The van der Waals surface area contributed by atoms with E-state index in [1.165, 1.54) is 17.3 Å². The number of hydrogen-bond donors (Lipinski definition) is 1. The number of fused-ring (bicyclic) bond motifs is 2. The van der Waals surface area contributed by atoms with E-state index in [0.717, 1.165) is 5.56 Å². The maximum absolute atomic E-state index is 13.7. The summed E-state index contributed by atoms with van der Waals surface area (Å²) >= 11 is 0. The Hall–Kier alpha value is -4.64. The highest BCUT2D eigenvalue weighted by atomic mass is 32.2. The number of nitrogens with one attached hydrogen (secondary N) is 1. The second-order valence-electron chi connectivity index (χ2n) is 8.78. The molecule has 0 aliphatic carbocycles. The van der Waals surface area contributed by atoms with Crippen molar-refractivity contribution in [2.75, 3.05) is 25.6 Å². The summed E-state index contributed by atoms with van der Waals surface area (Å²) in [7, 11) is -2.65. The van der Waals surface area contributed by atoms with Crippen molar-refractivity contribution < 1.29 is 27.5 Å². The molecule has 200 valence electrons. The number of carbonyl (C=O) groups is 2. The average molecular weight is 547 g/mol. The van der Waals surface area contributed by atoms with Gasteiger partial charge >= 0.3 is 11.9 Å². The fourth-order valence-corrected chi connectivity index (χ4v) is 5.74. The van der Waals surface area contributed by atoms with Crippen molar-refractivity contribution in [3.05, 3.63) is 84.2 Å². The molecule has 0 atom stereocenters. The van der Waals surface area contributed by atoms with Gasteiger partial charge in [-0.05, 0) is 44.2 Å². The van der Waals surface area contributed by atoms with E-state index in [4.69, 9.17) is 14.5 Å². The first kappa shape index (κ1) is 26.0. The number of para-hydroxylation sites is 1. The average Bonchev–Trinajstić information content (AvgIpc) is 3.50. The Labute approximate surface area is 224 Å². The second kappa shape index (κ2) is 10.3. The molecule has 10 nitrogen and oxygen atoms in total. The van der Waals surface area contributed by atoms with Crippen LogP contribution in [0.1, 0.15) is 22.8 Å². The number of imidazole rings is 1. The summed E-state index contributed by atoms with van der Waals surface area (Å²) in [6.45, 7) is 3.65. The van der Waals surface area contributed by atoms with Gasteiger partial charge in [-0.15, -0.1) is 0 Å². The van der Waals surface area contributed by atoms with E-state index in [-0.39, 0.29) is 23.6 Å². The second-order valence-corrected chi connectivity index (χ2v) is 10.6. The van der Waals surface area contributed by atoms with Gasteiger partial charge in [-0.1, -0.05) is 35.9 Å². The SMILES string of the molecule is CCOC(=O)CNc1c(-c2cn(S(=O)(=O)c3ccc(C)cc3)c3ccccc23)nc2ccc(C(=O)OC)cn12. The van der Waals surface area contributed by atoms with E-state index < -0.39 is 22.0 Å². The monoisotopic (exact) mass is 546 g/mol. The molecule has 3 heterocycles. The molecule has 0 aliphatic rings. The van der Waals surface area contributed by atoms with Crippen LogP contribution in [0.3, 0.4) is 0 Å². The molecule has 1 N–H and O–H groups in total. The van der Waals surface area contributed by atoms with Crippen LogP contribution in [0.2, 0.25) is 0 Å². The number of pyridine rings is 1. The fraction of sp³-hybridized carbons (Fsp3) is 0.179. The Morgan fingerprint density at radius 2 is 1.74 bits per heavy atom. The smallest absolute Gasteiger partial charge is 0.339 e. The van der Waals surface area contributed by atoms with Crippen molar-refractivity contribution in [1.82, 2.24) is 13.4 Å². The third-order valence-electron chi connectivity index (χ3n) is 6.26. The van der Waals surface area contributed by atoms with Gasteiger partial charge < -0.3 is 14.8 Å². The van der Waals surface area contributed by atoms with Crippen LogP contribution in [0, 0.1) is 6.92 Å². The number of benzene rings is 2. The maximum atomic E-state index is 13.7. The number of anilines is 1. The first-order chi connectivity index (χ1) is 18.7. The molecule has 0 saturated carbocycles. The van der Waals surface area contributed by atoms with Gasteiger partial charge in [-0.3, -0.25) is 9.20 Å². The first-order valence-corrected chi connectivity index (χ1v) is 13.6. The van der Waals surface area contributed by atoms with Crippen molar-refractivity contribution in [2.45, 2.75) is 18.7 Å². The van der Waals surface area contributed by atoms with E-state index in [9.17, 15) is 18.0 Å². The Morgan fingerprint density at radius 3 is 2.46 bits per heavy atom. The first-order valence-electron chi connectivity index (χ1n) is 12.2. The molecule has 3 aromatic heterocycles. The fourth-order valence-electron chi connectivity index (χ4n) is 4.37. The molecule has 0 saturated heterocycles. The van der Waals surface area contributed by atoms with Crippen LogP contribution in [-0.2, 0) is 24.3 Å². The van der Waals surface area contributed by atoms with Crippen LogP contribution in [-0.4, -0.2) is 54.0 Å². The molecule has 0 fully saturated rings. The highest BCUT2D eigenvalue weighted by Crippen LogP contribution is 2.37. The van der Waals surface area contributed by atoms with Crippen LogP contribution in [0.15, 0.2) is 78.0 Å². The Bertz CT molecular complexity index is 1820. The quantitative estimate of drug-likeness (QED) is 0.287. The number of aromatic nitrogens is 3. The van der Waals surface area contributed by atoms with E-state index in [1.54, 1.807) is 66.1 Å². The molecular formula is C28H26N4O6S. The van der Waals surface area contributed by atoms with Gasteiger partial charge in [0.05, 0.1) is 29.7 Å². The number of rotatable bonds is 8. The van der Waals surface area contributed by atoms with Crippen molar-refractivity contribution in [3.8, 4) is 11.3 Å². The number of nitrogens with zero attached hydrogens (tertiary/aromatic N) is 3. The highest BCUT2D eigenvalue weighted by Gasteiger charge is 2.25. The zero-order chi connectivity index (χ0) is 27.7. The van der Waals surface area contributed by atoms with Gasteiger partial charge in [0, 0.05) is 23.3 Å². The van der Waals surface area contributed by atoms with Gasteiger partial charge in [0.2, 0.25) is 0 Å². The topological polar surface area (TPSA) is 121 Å². The molecule has 0 bridgehead atoms. The van der Waals surface area contributed by atoms with Gasteiger partial charge in [-0.2, -0.15) is 0 Å². The molecule has 0 spiro atoms. The van der Waals surface area contributed by atoms with Crippen molar-refractivity contribution in [1.29, 1.82) is 0 Å². The summed E-state index contributed by atoms with van der Waals surface area (Å²) in [6, 6.07) is 17.0. The Kier molecular flexibility index (Phi) is 6.83. The predicted molar refractivity (Wildman–Crippen MR) is 146 cm³/mol. The highest BCUT2D eigenvalue weighted by molar-refractivity contribution is 7.90. The molecule has 0 unspecified atom stereocenters. The minimum absolute atomic E-state index is 0.152. The molecular weight excluding hydrogens is 520 g/mol. The summed E-state index contributed by atoms with van der Waals surface area (Å²) in [5, 5.41) is 3.71.